The summed E-state index contributed by atoms with van der Waals surface area (Å²) < 4.78 is 11.5. The van der Waals surface area contributed by atoms with Gasteiger partial charge in [0.25, 0.3) is 5.91 Å². The Kier molecular flexibility index (Phi) is 9.52. The zero-order chi connectivity index (χ0) is 22.1. The number of pyridine rings is 1. The Labute approximate surface area is 194 Å². The summed E-state index contributed by atoms with van der Waals surface area (Å²) in [5, 5.41) is 13.3. The number of benzene rings is 2. The van der Waals surface area contributed by atoms with Crippen molar-refractivity contribution in [3.05, 3.63) is 65.9 Å². The van der Waals surface area contributed by atoms with Crippen molar-refractivity contribution in [3.63, 3.8) is 0 Å². The molecule has 0 atom stereocenters. The van der Waals surface area contributed by atoms with Gasteiger partial charge in [0, 0.05) is 23.2 Å². The van der Waals surface area contributed by atoms with E-state index >= 15 is 0 Å². The van der Waals surface area contributed by atoms with E-state index in [4.69, 9.17) is 9.47 Å². The topological polar surface area (TPSA) is 84.2 Å². The number of fused-ring (bicyclic) bond motifs is 1. The fourth-order valence-electron chi connectivity index (χ4n) is 2.99. The summed E-state index contributed by atoms with van der Waals surface area (Å²) in [6.07, 6.45) is 4.97. The summed E-state index contributed by atoms with van der Waals surface area (Å²) in [6, 6.07) is 16.5. The van der Waals surface area contributed by atoms with Crippen molar-refractivity contribution < 1.29 is 14.3 Å². The number of nitriles is 1. The van der Waals surface area contributed by atoms with E-state index in [2.05, 4.69) is 10.3 Å². The highest BCUT2D eigenvalue weighted by atomic mass is 35.5. The highest BCUT2D eigenvalue weighted by molar-refractivity contribution is 6.12. The van der Waals surface area contributed by atoms with Gasteiger partial charge in [0.2, 0.25) is 0 Å². The van der Waals surface area contributed by atoms with Crippen LogP contribution in [0, 0.1) is 11.3 Å². The molecule has 32 heavy (non-hydrogen) atoms. The number of hydrogen-bond acceptors (Lipinski definition) is 5. The van der Waals surface area contributed by atoms with E-state index in [0.29, 0.717) is 36.0 Å². The largest absolute Gasteiger partial charge is 0.493 e. The lowest BCUT2D eigenvalue weighted by Gasteiger charge is -2.12. The first-order valence-corrected chi connectivity index (χ1v) is 10.3. The molecule has 1 amide bonds. The number of amides is 1. The Balaban J connectivity index is 0.00000363. The molecule has 7 heteroatoms. The molecule has 6 nitrogen and oxygen atoms in total. The average Bonchev–Trinajstić information content (AvgIpc) is 2.80. The van der Waals surface area contributed by atoms with E-state index < -0.39 is 5.91 Å². The zero-order valence-corrected chi connectivity index (χ0v) is 18.9. The molecule has 1 N–H and O–H groups in total. The van der Waals surface area contributed by atoms with Gasteiger partial charge in [0.1, 0.15) is 23.1 Å². The van der Waals surface area contributed by atoms with Crippen LogP contribution in [0.3, 0.4) is 0 Å². The van der Waals surface area contributed by atoms with Gasteiger partial charge in [0.05, 0.1) is 24.4 Å². The van der Waals surface area contributed by atoms with Crippen LogP contribution in [0.2, 0.25) is 0 Å². The van der Waals surface area contributed by atoms with Gasteiger partial charge in [0.15, 0.2) is 0 Å². The van der Waals surface area contributed by atoms with Crippen LogP contribution in [0.5, 0.6) is 11.5 Å². The van der Waals surface area contributed by atoms with Crippen LogP contribution in [0.4, 0.5) is 5.69 Å². The minimum atomic E-state index is -0.494. The number of halogens is 1. The minimum absolute atomic E-state index is 0. The van der Waals surface area contributed by atoms with E-state index in [-0.39, 0.29) is 18.0 Å². The summed E-state index contributed by atoms with van der Waals surface area (Å²) in [5.41, 5.74) is 1.98. The van der Waals surface area contributed by atoms with Crippen LogP contribution in [-0.2, 0) is 4.79 Å². The summed E-state index contributed by atoms with van der Waals surface area (Å²) >= 11 is 0. The van der Waals surface area contributed by atoms with Gasteiger partial charge < -0.3 is 14.8 Å². The summed E-state index contributed by atoms with van der Waals surface area (Å²) in [7, 11) is 0. The summed E-state index contributed by atoms with van der Waals surface area (Å²) in [6.45, 7) is 5.18. The maximum atomic E-state index is 12.8. The normalized spacial score (nSPS) is 10.7. The van der Waals surface area contributed by atoms with Crippen molar-refractivity contribution in [1.29, 1.82) is 5.26 Å². The molecule has 0 aliphatic carbocycles. The lowest BCUT2D eigenvalue weighted by molar-refractivity contribution is -0.112. The number of carbonyl (C=O) groups excluding carboxylic acids is 1. The number of hydrogen-bond donors (Lipinski definition) is 1. The second-order valence-electron chi connectivity index (χ2n) is 6.90. The third-order valence-corrected chi connectivity index (χ3v) is 4.48. The van der Waals surface area contributed by atoms with E-state index in [1.54, 1.807) is 30.5 Å². The van der Waals surface area contributed by atoms with Gasteiger partial charge in [-0.3, -0.25) is 9.78 Å². The van der Waals surface area contributed by atoms with Crippen molar-refractivity contribution in [1.82, 2.24) is 4.98 Å². The smallest absolute Gasteiger partial charge is 0.266 e. The van der Waals surface area contributed by atoms with Crippen LogP contribution in [-0.4, -0.2) is 24.1 Å². The molecule has 166 valence electrons. The molecule has 0 fully saturated rings. The zero-order valence-electron chi connectivity index (χ0n) is 18.1. The maximum Gasteiger partial charge on any atom is 0.266 e. The van der Waals surface area contributed by atoms with Gasteiger partial charge in [-0.05, 0) is 55.3 Å². The van der Waals surface area contributed by atoms with Crippen molar-refractivity contribution in [2.45, 2.75) is 26.7 Å². The number of aromatic nitrogens is 1. The number of rotatable bonds is 9. The second-order valence-corrected chi connectivity index (χ2v) is 6.90. The van der Waals surface area contributed by atoms with E-state index in [1.165, 1.54) is 6.08 Å². The monoisotopic (exact) mass is 451 g/mol. The molecule has 0 unspecified atom stereocenters. The third kappa shape index (κ3) is 6.22. The molecule has 0 spiro atoms. The maximum absolute atomic E-state index is 12.8. The Morgan fingerprint density at radius 2 is 1.88 bits per heavy atom. The standard InChI is InChI=1S/C25H25N3O3.ClH/c1-3-13-30-20-11-10-18(24(16-20)31-14-4-2)15-19(17-26)25(29)28-23-9-5-8-22-21(23)7-6-12-27-22;/h5-12,15-16H,3-4,13-14H2,1-2H3,(H,28,29);1H. The van der Waals surface area contributed by atoms with Gasteiger partial charge in [-0.15, -0.1) is 12.4 Å². The Hall–Kier alpha value is -3.56. The molecule has 0 aliphatic heterocycles. The van der Waals surface area contributed by atoms with Crippen molar-refractivity contribution in [2.24, 2.45) is 0 Å². The predicted molar refractivity (Wildman–Crippen MR) is 129 cm³/mol. The fraction of sp³-hybridized carbons (Fsp3) is 0.240. The summed E-state index contributed by atoms with van der Waals surface area (Å²) in [4.78, 5) is 17.1. The van der Waals surface area contributed by atoms with Crippen LogP contribution >= 0.6 is 12.4 Å². The van der Waals surface area contributed by atoms with E-state index in [1.807, 2.05) is 44.2 Å². The fourth-order valence-corrected chi connectivity index (χ4v) is 2.99. The molecule has 0 saturated heterocycles. The molecule has 1 aromatic heterocycles. The van der Waals surface area contributed by atoms with Gasteiger partial charge >= 0.3 is 0 Å². The van der Waals surface area contributed by atoms with Gasteiger partial charge in [-0.2, -0.15) is 5.26 Å². The number of nitrogens with one attached hydrogen (secondary N) is 1. The molecular formula is C25H26ClN3O3. The number of ether oxygens (including phenoxy) is 2. The second kappa shape index (κ2) is 12.3. The number of anilines is 1. The average molecular weight is 452 g/mol. The predicted octanol–water partition coefficient (Wildman–Crippen LogP) is 5.78. The first-order valence-electron chi connectivity index (χ1n) is 10.3. The van der Waals surface area contributed by atoms with Crippen LogP contribution < -0.4 is 14.8 Å². The molecule has 1 heterocycles. The summed E-state index contributed by atoms with van der Waals surface area (Å²) in [5.74, 6) is 0.772. The van der Waals surface area contributed by atoms with Crippen LogP contribution in [0.25, 0.3) is 17.0 Å². The highest BCUT2D eigenvalue weighted by Crippen LogP contribution is 2.28. The lowest BCUT2D eigenvalue weighted by atomic mass is 10.1. The van der Waals surface area contributed by atoms with Crippen molar-refractivity contribution in [3.8, 4) is 17.6 Å². The molecule has 0 radical (unpaired) electrons. The highest BCUT2D eigenvalue weighted by Gasteiger charge is 2.14. The SMILES string of the molecule is CCCOc1ccc(C=C(C#N)C(=O)Nc2cccc3ncccc23)c(OCCC)c1.Cl. The minimum Gasteiger partial charge on any atom is -0.493 e. The first-order chi connectivity index (χ1) is 15.2. The third-order valence-electron chi connectivity index (χ3n) is 4.48. The molecule has 0 aliphatic rings. The quantitative estimate of drug-likeness (QED) is 0.329. The first kappa shape index (κ1) is 24.7. The van der Waals surface area contributed by atoms with Crippen LogP contribution in [0.15, 0.2) is 60.3 Å². The molecule has 0 saturated carbocycles. The van der Waals surface area contributed by atoms with Crippen molar-refractivity contribution >= 4 is 41.0 Å². The molecular weight excluding hydrogens is 426 g/mol. The van der Waals surface area contributed by atoms with Crippen LogP contribution in [0.1, 0.15) is 32.3 Å². The molecule has 3 rings (SSSR count). The van der Waals surface area contributed by atoms with E-state index in [0.717, 1.165) is 23.7 Å². The Morgan fingerprint density at radius 3 is 2.62 bits per heavy atom. The van der Waals surface area contributed by atoms with Gasteiger partial charge in [-0.1, -0.05) is 19.9 Å². The number of nitrogens with zero attached hydrogens (tertiary/aromatic N) is 2. The van der Waals surface area contributed by atoms with Crippen molar-refractivity contribution in [2.75, 3.05) is 18.5 Å². The molecule has 0 bridgehead atoms. The Bertz CT molecular complexity index is 1130. The molecule has 2 aromatic carbocycles. The Morgan fingerprint density at radius 1 is 1.09 bits per heavy atom. The van der Waals surface area contributed by atoms with E-state index in [9.17, 15) is 10.1 Å². The van der Waals surface area contributed by atoms with Gasteiger partial charge in [-0.25, -0.2) is 0 Å². The lowest BCUT2D eigenvalue weighted by Crippen LogP contribution is -2.14. The molecule has 3 aromatic rings. The number of carbonyl (C=O) groups is 1.